The van der Waals surface area contributed by atoms with E-state index < -0.39 is 0 Å². The van der Waals surface area contributed by atoms with Crippen LogP contribution in [0.3, 0.4) is 0 Å². The number of nitrogens with one attached hydrogen (secondary N) is 1. The number of aryl methyl sites for hydroxylation is 1. The molecule has 0 aliphatic carbocycles. The molecule has 1 heterocycles. The third-order valence-electron chi connectivity index (χ3n) is 2.45. The Hall–Kier alpha value is -1.04. The van der Waals surface area contributed by atoms with Crippen LogP contribution in [0, 0.1) is 11.3 Å². The lowest BCUT2D eigenvalue weighted by Crippen LogP contribution is -2.11. The second kappa shape index (κ2) is 4.99. The largest absolute Gasteiger partial charge is 0.313 e. The van der Waals surface area contributed by atoms with Crippen LogP contribution in [-0.4, -0.2) is 6.54 Å². The maximum atomic E-state index is 8.74. The van der Waals surface area contributed by atoms with E-state index in [1.807, 2.05) is 12.1 Å². The summed E-state index contributed by atoms with van der Waals surface area (Å²) < 4.78 is 0. The van der Waals surface area contributed by atoms with E-state index >= 15 is 0 Å². The molecule has 0 bridgehead atoms. The van der Waals surface area contributed by atoms with Crippen LogP contribution in [0.25, 0.3) is 0 Å². The second-order valence-electron chi connectivity index (χ2n) is 3.38. The van der Waals surface area contributed by atoms with Crippen molar-refractivity contribution in [1.29, 1.82) is 5.26 Å². The molecule has 0 amide bonds. The quantitative estimate of drug-likeness (QED) is 0.708. The molecule has 14 heavy (non-hydrogen) atoms. The maximum Gasteiger partial charge on any atom is 0.0991 e. The molecule has 74 valence electrons. The topological polar surface area (TPSA) is 35.8 Å². The third-order valence-corrected chi connectivity index (χ3v) is 2.45. The maximum absolute atomic E-state index is 8.74. The van der Waals surface area contributed by atoms with Crippen molar-refractivity contribution in [3.05, 3.63) is 34.9 Å². The number of nitriles is 1. The van der Waals surface area contributed by atoms with Gasteiger partial charge in [0, 0.05) is 6.54 Å². The predicted octanol–water partition coefficient (Wildman–Crippen LogP) is 2.02. The van der Waals surface area contributed by atoms with E-state index in [4.69, 9.17) is 5.26 Å². The van der Waals surface area contributed by atoms with Gasteiger partial charge in [-0.15, -0.1) is 12.4 Å². The van der Waals surface area contributed by atoms with Crippen LogP contribution in [-0.2, 0) is 13.0 Å². The highest BCUT2D eigenvalue weighted by molar-refractivity contribution is 5.85. The second-order valence-corrected chi connectivity index (χ2v) is 3.38. The highest BCUT2D eigenvalue weighted by Crippen LogP contribution is 2.15. The molecule has 0 radical (unpaired) electrons. The molecule has 0 aromatic heterocycles. The first kappa shape index (κ1) is 11.0. The van der Waals surface area contributed by atoms with Crippen LogP contribution in [0.4, 0.5) is 0 Å². The Balaban J connectivity index is 0.000000980. The van der Waals surface area contributed by atoms with Gasteiger partial charge in [0.1, 0.15) is 0 Å². The van der Waals surface area contributed by atoms with Crippen LogP contribution < -0.4 is 5.32 Å². The Morgan fingerprint density at radius 1 is 1.29 bits per heavy atom. The lowest BCUT2D eigenvalue weighted by molar-refractivity contribution is 0.681. The molecule has 0 saturated carbocycles. The van der Waals surface area contributed by atoms with Gasteiger partial charge in [0.05, 0.1) is 11.6 Å². The molecule has 0 fully saturated rings. The summed E-state index contributed by atoms with van der Waals surface area (Å²) >= 11 is 0. The first-order valence-electron chi connectivity index (χ1n) is 4.63. The van der Waals surface area contributed by atoms with Gasteiger partial charge in [-0.1, -0.05) is 6.07 Å². The fourth-order valence-electron chi connectivity index (χ4n) is 1.73. The van der Waals surface area contributed by atoms with Gasteiger partial charge < -0.3 is 5.32 Å². The Morgan fingerprint density at radius 2 is 2.14 bits per heavy atom. The van der Waals surface area contributed by atoms with Gasteiger partial charge >= 0.3 is 0 Å². The van der Waals surface area contributed by atoms with E-state index in [0.29, 0.717) is 0 Å². The molecule has 0 spiro atoms. The Kier molecular flexibility index (Phi) is 3.94. The number of hydrogen-bond donors (Lipinski definition) is 1. The summed E-state index contributed by atoms with van der Waals surface area (Å²) in [7, 11) is 0. The summed E-state index contributed by atoms with van der Waals surface area (Å²) in [6, 6.07) is 8.15. The number of hydrogen-bond acceptors (Lipinski definition) is 2. The van der Waals surface area contributed by atoms with E-state index in [-0.39, 0.29) is 12.4 Å². The zero-order valence-electron chi connectivity index (χ0n) is 7.92. The Bertz CT molecular complexity index is 355. The summed E-state index contributed by atoms with van der Waals surface area (Å²) in [6.45, 7) is 2.03. The minimum absolute atomic E-state index is 0. The van der Waals surface area contributed by atoms with Crippen molar-refractivity contribution in [3.8, 4) is 6.07 Å². The van der Waals surface area contributed by atoms with Gasteiger partial charge in [-0.05, 0) is 42.6 Å². The molecule has 1 aliphatic rings. The fourth-order valence-corrected chi connectivity index (χ4v) is 1.73. The smallest absolute Gasteiger partial charge is 0.0991 e. The van der Waals surface area contributed by atoms with Crippen molar-refractivity contribution in [3.63, 3.8) is 0 Å². The van der Waals surface area contributed by atoms with Crippen LogP contribution in [0.2, 0.25) is 0 Å². The van der Waals surface area contributed by atoms with Crippen molar-refractivity contribution >= 4 is 12.4 Å². The fraction of sp³-hybridized carbons (Fsp3) is 0.364. The lowest BCUT2D eigenvalue weighted by Gasteiger charge is -2.04. The van der Waals surface area contributed by atoms with Crippen molar-refractivity contribution in [2.24, 2.45) is 0 Å². The summed E-state index contributed by atoms with van der Waals surface area (Å²) in [6.07, 6.45) is 2.26. The molecule has 1 aromatic rings. The molecule has 0 unspecified atom stereocenters. The van der Waals surface area contributed by atoms with E-state index in [9.17, 15) is 0 Å². The van der Waals surface area contributed by atoms with Gasteiger partial charge in [0.2, 0.25) is 0 Å². The van der Waals surface area contributed by atoms with E-state index in [2.05, 4.69) is 17.5 Å². The van der Waals surface area contributed by atoms with Crippen molar-refractivity contribution in [2.75, 3.05) is 6.54 Å². The van der Waals surface area contributed by atoms with Crippen LogP contribution in [0.1, 0.15) is 23.1 Å². The molecular formula is C11H13ClN2. The molecular weight excluding hydrogens is 196 g/mol. The summed E-state index contributed by atoms with van der Waals surface area (Å²) in [4.78, 5) is 0. The predicted molar refractivity (Wildman–Crippen MR) is 58.4 cm³/mol. The van der Waals surface area contributed by atoms with E-state index in [1.165, 1.54) is 17.5 Å². The molecule has 0 atom stereocenters. The van der Waals surface area contributed by atoms with Crippen molar-refractivity contribution in [2.45, 2.75) is 19.4 Å². The minimum atomic E-state index is 0. The number of nitrogens with zero attached hydrogens (tertiary/aromatic N) is 1. The molecule has 2 nitrogen and oxygen atoms in total. The molecule has 1 aromatic carbocycles. The average molecular weight is 209 g/mol. The zero-order valence-corrected chi connectivity index (χ0v) is 8.73. The van der Waals surface area contributed by atoms with Crippen LogP contribution in [0.15, 0.2) is 18.2 Å². The number of rotatable bonds is 0. The standard InChI is InChI=1S/C11H12N2.ClH/c12-7-9-3-4-11-8-13-5-1-2-10(11)6-9;/h3-4,6,13H,1-2,5,8H2;1H. The highest BCUT2D eigenvalue weighted by Gasteiger charge is 2.07. The lowest BCUT2D eigenvalue weighted by atomic mass is 10.0. The SMILES string of the molecule is Cl.N#Cc1ccc2c(c1)CCCNC2. The van der Waals surface area contributed by atoms with Gasteiger partial charge in [-0.25, -0.2) is 0 Å². The number of halogens is 1. The van der Waals surface area contributed by atoms with Gasteiger partial charge in [-0.2, -0.15) is 5.26 Å². The van der Waals surface area contributed by atoms with E-state index in [0.717, 1.165) is 25.1 Å². The number of benzene rings is 1. The Labute approximate surface area is 90.3 Å². The van der Waals surface area contributed by atoms with Gasteiger partial charge in [0.15, 0.2) is 0 Å². The van der Waals surface area contributed by atoms with Crippen molar-refractivity contribution < 1.29 is 0 Å². The first-order chi connectivity index (χ1) is 6.40. The van der Waals surface area contributed by atoms with Crippen LogP contribution >= 0.6 is 12.4 Å². The summed E-state index contributed by atoms with van der Waals surface area (Å²) in [5.41, 5.74) is 3.46. The molecule has 3 heteroatoms. The molecule has 1 aliphatic heterocycles. The van der Waals surface area contributed by atoms with Crippen LogP contribution in [0.5, 0.6) is 0 Å². The molecule has 2 rings (SSSR count). The molecule has 1 N–H and O–H groups in total. The minimum Gasteiger partial charge on any atom is -0.313 e. The van der Waals surface area contributed by atoms with Crippen molar-refractivity contribution in [1.82, 2.24) is 5.32 Å². The summed E-state index contributed by atoms with van der Waals surface area (Å²) in [5, 5.41) is 12.1. The highest BCUT2D eigenvalue weighted by atomic mass is 35.5. The zero-order chi connectivity index (χ0) is 9.10. The summed E-state index contributed by atoms with van der Waals surface area (Å²) in [5.74, 6) is 0. The van der Waals surface area contributed by atoms with Gasteiger partial charge in [-0.3, -0.25) is 0 Å². The molecule has 0 saturated heterocycles. The van der Waals surface area contributed by atoms with E-state index in [1.54, 1.807) is 0 Å². The normalized spacial score (nSPS) is 14.5. The monoisotopic (exact) mass is 208 g/mol. The first-order valence-corrected chi connectivity index (χ1v) is 4.63. The van der Waals surface area contributed by atoms with Gasteiger partial charge in [0.25, 0.3) is 0 Å². The third kappa shape index (κ3) is 2.25. The average Bonchev–Trinajstić information content (AvgIpc) is 2.41. The number of fused-ring (bicyclic) bond motifs is 1. The Morgan fingerprint density at radius 3 is 2.93 bits per heavy atom.